The van der Waals surface area contributed by atoms with Crippen molar-refractivity contribution < 1.29 is 0 Å². The van der Waals surface area contributed by atoms with Crippen LogP contribution in [-0.4, -0.2) is 0 Å². The maximum Gasteiger partial charge on any atom is 0.121 e. The summed E-state index contributed by atoms with van der Waals surface area (Å²) >= 11 is 5.84. The minimum Gasteiger partial charge on any atom is -0.294 e. The topological polar surface area (TPSA) is 35.8 Å². The molecule has 1 unspecified atom stereocenters. The van der Waals surface area contributed by atoms with Crippen LogP contribution >= 0.6 is 11.6 Å². The summed E-state index contributed by atoms with van der Waals surface area (Å²) < 4.78 is 0. The SMILES string of the molecule is Cc1ccc(C(C#N)NCc2ccc(Cl)cc2)cc1. The zero-order valence-corrected chi connectivity index (χ0v) is 11.5. The van der Waals surface area contributed by atoms with Crippen LogP contribution in [0.4, 0.5) is 0 Å². The predicted molar refractivity (Wildman–Crippen MR) is 77.8 cm³/mol. The first-order chi connectivity index (χ1) is 9.19. The number of benzene rings is 2. The van der Waals surface area contributed by atoms with Crippen molar-refractivity contribution in [3.63, 3.8) is 0 Å². The molecule has 0 saturated heterocycles. The Labute approximate surface area is 118 Å². The first kappa shape index (κ1) is 13.6. The van der Waals surface area contributed by atoms with E-state index < -0.39 is 0 Å². The fraction of sp³-hybridized carbons (Fsp3) is 0.188. The largest absolute Gasteiger partial charge is 0.294 e. The standard InChI is InChI=1S/C16H15ClN2/c1-12-2-6-14(7-3-12)16(10-18)19-11-13-4-8-15(17)9-5-13/h2-9,16,19H,11H2,1H3. The van der Waals surface area contributed by atoms with E-state index in [9.17, 15) is 5.26 Å². The number of hydrogen-bond donors (Lipinski definition) is 1. The molecule has 1 atom stereocenters. The summed E-state index contributed by atoms with van der Waals surface area (Å²) in [6.07, 6.45) is 0. The summed E-state index contributed by atoms with van der Waals surface area (Å²) in [5, 5.41) is 13.2. The first-order valence-corrected chi connectivity index (χ1v) is 6.51. The van der Waals surface area contributed by atoms with Crippen LogP contribution in [0, 0.1) is 18.3 Å². The molecular weight excluding hydrogens is 256 g/mol. The van der Waals surface area contributed by atoms with E-state index in [-0.39, 0.29) is 6.04 Å². The van der Waals surface area contributed by atoms with Gasteiger partial charge in [0.25, 0.3) is 0 Å². The Morgan fingerprint density at radius 2 is 1.74 bits per heavy atom. The highest BCUT2D eigenvalue weighted by molar-refractivity contribution is 6.30. The fourth-order valence-corrected chi connectivity index (χ4v) is 1.95. The molecule has 2 aromatic rings. The average Bonchev–Trinajstić information content (AvgIpc) is 2.43. The van der Waals surface area contributed by atoms with Crippen LogP contribution in [0.3, 0.4) is 0 Å². The van der Waals surface area contributed by atoms with Gasteiger partial charge in [-0.3, -0.25) is 5.32 Å². The van der Waals surface area contributed by atoms with E-state index in [1.165, 1.54) is 5.56 Å². The van der Waals surface area contributed by atoms with Gasteiger partial charge in [-0.25, -0.2) is 0 Å². The molecule has 0 fully saturated rings. The highest BCUT2D eigenvalue weighted by atomic mass is 35.5. The van der Waals surface area contributed by atoms with E-state index in [0.29, 0.717) is 6.54 Å². The molecule has 2 aromatic carbocycles. The maximum absolute atomic E-state index is 9.24. The van der Waals surface area contributed by atoms with Crippen LogP contribution in [0.2, 0.25) is 5.02 Å². The van der Waals surface area contributed by atoms with E-state index in [1.807, 2.05) is 55.5 Å². The summed E-state index contributed by atoms with van der Waals surface area (Å²) in [5.41, 5.74) is 3.29. The molecule has 2 nitrogen and oxygen atoms in total. The maximum atomic E-state index is 9.24. The lowest BCUT2D eigenvalue weighted by Crippen LogP contribution is -2.19. The number of halogens is 1. The van der Waals surface area contributed by atoms with Gasteiger partial charge in [-0.1, -0.05) is 53.6 Å². The predicted octanol–water partition coefficient (Wildman–Crippen LogP) is 4.00. The molecule has 2 rings (SSSR count). The van der Waals surface area contributed by atoms with Crippen molar-refractivity contribution >= 4 is 11.6 Å². The Hall–Kier alpha value is -1.82. The lowest BCUT2D eigenvalue weighted by Gasteiger charge is -2.12. The van der Waals surface area contributed by atoms with Gasteiger partial charge in [0.05, 0.1) is 6.07 Å². The molecule has 1 N–H and O–H groups in total. The molecule has 0 aliphatic carbocycles. The highest BCUT2D eigenvalue weighted by Gasteiger charge is 2.09. The van der Waals surface area contributed by atoms with Gasteiger partial charge in [-0.2, -0.15) is 5.26 Å². The Morgan fingerprint density at radius 3 is 2.32 bits per heavy atom. The van der Waals surface area contributed by atoms with Gasteiger partial charge in [0, 0.05) is 11.6 Å². The molecule has 0 aliphatic rings. The number of aryl methyl sites for hydroxylation is 1. The average molecular weight is 271 g/mol. The van der Waals surface area contributed by atoms with Crippen LogP contribution in [0.15, 0.2) is 48.5 Å². The fourth-order valence-electron chi connectivity index (χ4n) is 1.82. The van der Waals surface area contributed by atoms with Gasteiger partial charge in [-0.15, -0.1) is 0 Å². The van der Waals surface area contributed by atoms with E-state index in [1.54, 1.807) is 0 Å². The molecular formula is C16H15ClN2. The second-order valence-electron chi connectivity index (χ2n) is 4.48. The van der Waals surface area contributed by atoms with E-state index >= 15 is 0 Å². The first-order valence-electron chi connectivity index (χ1n) is 6.13. The van der Waals surface area contributed by atoms with Crippen molar-refractivity contribution in [2.75, 3.05) is 0 Å². The van der Waals surface area contributed by atoms with E-state index in [0.717, 1.165) is 16.1 Å². The van der Waals surface area contributed by atoms with Gasteiger partial charge in [-0.05, 0) is 30.2 Å². The monoisotopic (exact) mass is 270 g/mol. The Morgan fingerprint density at radius 1 is 1.11 bits per heavy atom. The normalized spacial score (nSPS) is 11.8. The van der Waals surface area contributed by atoms with Gasteiger partial charge >= 0.3 is 0 Å². The Kier molecular flexibility index (Phi) is 4.57. The molecule has 0 aliphatic heterocycles. The smallest absolute Gasteiger partial charge is 0.121 e. The minimum absolute atomic E-state index is 0.295. The van der Waals surface area contributed by atoms with Gasteiger partial charge < -0.3 is 0 Å². The van der Waals surface area contributed by atoms with Crippen molar-refractivity contribution in [3.05, 3.63) is 70.2 Å². The summed E-state index contributed by atoms with van der Waals surface area (Å²) in [6, 6.07) is 17.6. The third-order valence-electron chi connectivity index (χ3n) is 2.96. The Balaban J connectivity index is 2.02. The Bertz CT molecular complexity index is 567. The lowest BCUT2D eigenvalue weighted by atomic mass is 10.1. The van der Waals surface area contributed by atoms with Crippen molar-refractivity contribution in [1.82, 2.24) is 5.32 Å². The second kappa shape index (κ2) is 6.38. The number of rotatable bonds is 4. The number of nitrogens with one attached hydrogen (secondary N) is 1. The minimum atomic E-state index is -0.295. The van der Waals surface area contributed by atoms with Crippen LogP contribution in [-0.2, 0) is 6.54 Å². The molecule has 0 bridgehead atoms. The van der Waals surface area contributed by atoms with Crippen LogP contribution in [0.1, 0.15) is 22.7 Å². The van der Waals surface area contributed by atoms with Crippen molar-refractivity contribution in [2.45, 2.75) is 19.5 Å². The van der Waals surface area contributed by atoms with E-state index in [4.69, 9.17) is 11.6 Å². The third kappa shape index (κ3) is 3.82. The molecule has 0 saturated carbocycles. The lowest BCUT2D eigenvalue weighted by molar-refractivity contribution is 0.630. The summed E-state index contributed by atoms with van der Waals surface area (Å²) in [4.78, 5) is 0. The van der Waals surface area contributed by atoms with Crippen molar-refractivity contribution in [1.29, 1.82) is 5.26 Å². The molecule has 96 valence electrons. The number of nitriles is 1. The zero-order chi connectivity index (χ0) is 13.7. The molecule has 19 heavy (non-hydrogen) atoms. The number of hydrogen-bond acceptors (Lipinski definition) is 2. The third-order valence-corrected chi connectivity index (χ3v) is 3.22. The van der Waals surface area contributed by atoms with E-state index in [2.05, 4.69) is 11.4 Å². The van der Waals surface area contributed by atoms with Crippen LogP contribution in [0.25, 0.3) is 0 Å². The summed E-state index contributed by atoms with van der Waals surface area (Å²) in [5.74, 6) is 0. The van der Waals surface area contributed by atoms with Crippen molar-refractivity contribution in [3.8, 4) is 6.07 Å². The molecule has 3 heteroatoms. The summed E-state index contributed by atoms with van der Waals surface area (Å²) in [7, 11) is 0. The highest BCUT2D eigenvalue weighted by Crippen LogP contribution is 2.15. The molecule has 0 aromatic heterocycles. The summed E-state index contributed by atoms with van der Waals surface area (Å²) in [6.45, 7) is 2.68. The van der Waals surface area contributed by atoms with Crippen LogP contribution in [0.5, 0.6) is 0 Å². The number of nitrogens with zero attached hydrogens (tertiary/aromatic N) is 1. The van der Waals surface area contributed by atoms with Crippen molar-refractivity contribution in [2.24, 2.45) is 0 Å². The quantitative estimate of drug-likeness (QED) is 0.911. The zero-order valence-electron chi connectivity index (χ0n) is 10.7. The van der Waals surface area contributed by atoms with Gasteiger partial charge in [0.2, 0.25) is 0 Å². The molecule has 0 amide bonds. The molecule has 0 heterocycles. The van der Waals surface area contributed by atoms with Crippen LogP contribution < -0.4 is 5.32 Å². The van der Waals surface area contributed by atoms with Gasteiger partial charge in [0.1, 0.15) is 6.04 Å². The van der Waals surface area contributed by atoms with Gasteiger partial charge in [0.15, 0.2) is 0 Å². The second-order valence-corrected chi connectivity index (χ2v) is 4.92. The molecule has 0 radical (unpaired) electrons. The molecule has 0 spiro atoms.